The maximum absolute atomic E-state index is 11.4. The smallest absolute Gasteiger partial charge is 0.215 e. The molecular formula is C18H25Cl2N3OS. The fourth-order valence-corrected chi connectivity index (χ4v) is 3.62. The lowest BCUT2D eigenvalue weighted by molar-refractivity contribution is -0.0822. The fraction of sp³-hybridized carbons (Fsp3) is 0.556. The number of hydrogen-bond donors (Lipinski definition) is 2. The predicted octanol–water partition coefficient (Wildman–Crippen LogP) is 5.61. The summed E-state index contributed by atoms with van der Waals surface area (Å²) >= 11 is 17.5. The Bertz CT molecular complexity index is 781. The van der Waals surface area contributed by atoms with Crippen LogP contribution in [0.5, 0.6) is 0 Å². The number of halogens is 2. The van der Waals surface area contributed by atoms with E-state index in [-0.39, 0.29) is 11.3 Å². The zero-order valence-corrected chi connectivity index (χ0v) is 17.3. The van der Waals surface area contributed by atoms with Crippen LogP contribution in [0.15, 0.2) is 24.5 Å². The van der Waals surface area contributed by atoms with Crippen molar-refractivity contribution in [2.45, 2.75) is 58.6 Å². The molecule has 0 spiro atoms. The van der Waals surface area contributed by atoms with Crippen molar-refractivity contribution < 1.29 is 5.11 Å². The van der Waals surface area contributed by atoms with Gasteiger partial charge in [-0.05, 0) is 54.1 Å². The van der Waals surface area contributed by atoms with Crippen LogP contribution in [-0.2, 0) is 6.54 Å². The molecule has 0 fully saturated rings. The summed E-state index contributed by atoms with van der Waals surface area (Å²) in [6.07, 6.45) is 2.94. The number of aliphatic hydroxyl groups is 1. The van der Waals surface area contributed by atoms with Crippen LogP contribution < -0.4 is 0 Å². The second-order valence-electron chi connectivity index (χ2n) is 7.64. The number of nitrogens with one attached hydrogen (secondary N) is 1. The Balaban J connectivity index is 2.17. The molecule has 25 heavy (non-hydrogen) atoms. The summed E-state index contributed by atoms with van der Waals surface area (Å²) in [4.78, 5) is 4.03. The average Bonchev–Trinajstić information content (AvgIpc) is 2.89. The van der Waals surface area contributed by atoms with Crippen molar-refractivity contribution in [2.24, 2.45) is 5.41 Å². The summed E-state index contributed by atoms with van der Waals surface area (Å²) in [5, 5.41) is 15.6. The number of nitrogens with zero attached hydrogens (tertiary/aromatic N) is 2. The number of rotatable bonds is 6. The van der Waals surface area contributed by atoms with Crippen molar-refractivity contribution in [3.63, 3.8) is 0 Å². The first-order chi connectivity index (χ1) is 11.5. The van der Waals surface area contributed by atoms with Crippen LogP contribution in [0.4, 0.5) is 0 Å². The minimum Gasteiger partial charge on any atom is -0.387 e. The molecule has 1 aromatic carbocycles. The molecule has 0 saturated heterocycles. The largest absolute Gasteiger partial charge is 0.387 e. The molecule has 0 aliphatic carbocycles. The third-order valence-corrected chi connectivity index (χ3v) is 5.81. The molecule has 1 heterocycles. The van der Waals surface area contributed by atoms with Gasteiger partial charge in [0.1, 0.15) is 6.33 Å². The lowest BCUT2D eigenvalue weighted by Gasteiger charge is -2.41. The Morgan fingerprint density at radius 3 is 2.52 bits per heavy atom. The minimum atomic E-state index is -0.940. The first kappa shape index (κ1) is 20.4. The highest BCUT2D eigenvalue weighted by Crippen LogP contribution is 2.39. The van der Waals surface area contributed by atoms with E-state index in [1.54, 1.807) is 17.1 Å². The molecule has 2 atom stereocenters. The summed E-state index contributed by atoms with van der Waals surface area (Å²) in [5.41, 5.74) is -0.220. The summed E-state index contributed by atoms with van der Waals surface area (Å²) in [5.74, 6) is 0.202. The van der Waals surface area contributed by atoms with Gasteiger partial charge in [-0.2, -0.15) is 0 Å². The third-order valence-electron chi connectivity index (χ3n) is 4.92. The Hall–Kier alpha value is -0.880. The van der Waals surface area contributed by atoms with Crippen molar-refractivity contribution in [1.82, 2.24) is 14.8 Å². The first-order valence-electron chi connectivity index (χ1n) is 8.31. The van der Waals surface area contributed by atoms with E-state index in [9.17, 15) is 5.11 Å². The van der Waals surface area contributed by atoms with Crippen LogP contribution in [-0.4, -0.2) is 25.5 Å². The van der Waals surface area contributed by atoms with E-state index in [1.807, 2.05) is 32.9 Å². The van der Waals surface area contributed by atoms with Crippen LogP contribution in [0, 0.1) is 10.2 Å². The van der Waals surface area contributed by atoms with Gasteiger partial charge < -0.3 is 5.11 Å². The summed E-state index contributed by atoms with van der Waals surface area (Å²) < 4.78 is 2.15. The van der Waals surface area contributed by atoms with Crippen LogP contribution in [0.2, 0.25) is 10.0 Å². The normalized spacial score (nSPS) is 15.8. The quantitative estimate of drug-likeness (QED) is 0.618. The van der Waals surface area contributed by atoms with E-state index in [4.69, 9.17) is 35.4 Å². The van der Waals surface area contributed by atoms with Gasteiger partial charge in [0.2, 0.25) is 4.77 Å². The van der Waals surface area contributed by atoms with Gasteiger partial charge in [-0.15, -0.1) is 0 Å². The number of benzene rings is 1. The molecule has 0 radical (unpaired) electrons. The van der Waals surface area contributed by atoms with Crippen molar-refractivity contribution in [3.05, 3.63) is 44.9 Å². The average molecular weight is 402 g/mol. The molecule has 4 nitrogen and oxygen atoms in total. The Kier molecular flexibility index (Phi) is 6.36. The van der Waals surface area contributed by atoms with Crippen LogP contribution in [0.25, 0.3) is 0 Å². The standard InChI is InChI=1S/C18H25Cl2N3OS/c1-12(14-6-5-13(19)9-15(14)20)7-8-18(24,17(2,3)4)10-23-16(25)21-11-22-23/h5-6,9,11-12,24H,7-8,10H2,1-4H3,(H,21,22,25). The molecule has 0 aliphatic heterocycles. The van der Waals surface area contributed by atoms with Gasteiger partial charge >= 0.3 is 0 Å². The van der Waals surface area contributed by atoms with Gasteiger partial charge in [0.15, 0.2) is 0 Å². The highest BCUT2D eigenvalue weighted by atomic mass is 35.5. The van der Waals surface area contributed by atoms with Crippen molar-refractivity contribution in [1.29, 1.82) is 0 Å². The van der Waals surface area contributed by atoms with Crippen molar-refractivity contribution in [3.8, 4) is 0 Å². The lowest BCUT2D eigenvalue weighted by atomic mass is 9.72. The molecule has 0 bridgehead atoms. The molecule has 0 amide bonds. The Morgan fingerprint density at radius 2 is 2.00 bits per heavy atom. The number of hydrogen-bond acceptors (Lipinski definition) is 3. The Labute approximate surface area is 164 Å². The number of H-pyrrole nitrogens is 1. The van der Waals surface area contributed by atoms with Crippen molar-refractivity contribution in [2.75, 3.05) is 0 Å². The van der Waals surface area contributed by atoms with Gasteiger partial charge in [-0.1, -0.05) is 57.0 Å². The van der Waals surface area contributed by atoms with Crippen molar-refractivity contribution >= 4 is 35.4 Å². The molecule has 2 rings (SSSR count). The van der Waals surface area contributed by atoms with E-state index in [1.165, 1.54) is 0 Å². The maximum Gasteiger partial charge on any atom is 0.215 e. The summed E-state index contributed by atoms with van der Waals surface area (Å²) in [6.45, 7) is 8.59. The zero-order chi connectivity index (χ0) is 18.8. The van der Waals surface area contributed by atoms with Crippen LogP contribution in [0.1, 0.15) is 52.0 Å². The van der Waals surface area contributed by atoms with E-state index in [0.29, 0.717) is 27.8 Å². The first-order valence-corrected chi connectivity index (χ1v) is 9.47. The lowest BCUT2D eigenvalue weighted by Crippen LogP contribution is -2.47. The van der Waals surface area contributed by atoms with Crippen LogP contribution >= 0.6 is 35.4 Å². The van der Waals surface area contributed by atoms with E-state index >= 15 is 0 Å². The van der Waals surface area contributed by atoms with E-state index in [2.05, 4.69) is 17.0 Å². The second-order valence-corrected chi connectivity index (χ2v) is 8.85. The molecule has 138 valence electrons. The molecule has 0 aliphatic rings. The molecule has 1 aromatic heterocycles. The maximum atomic E-state index is 11.4. The highest BCUT2D eigenvalue weighted by molar-refractivity contribution is 7.71. The number of aromatic amines is 1. The summed E-state index contributed by atoms with van der Waals surface area (Å²) in [7, 11) is 0. The summed E-state index contributed by atoms with van der Waals surface area (Å²) in [6, 6.07) is 5.56. The van der Waals surface area contributed by atoms with Gasteiger partial charge in [0, 0.05) is 10.0 Å². The third kappa shape index (κ3) is 4.85. The molecule has 7 heteroatoms. The second kappa shape index (κ2) is 7.78. The topological polar surface area (TPSA) is 53.8 Å². The van der Waals surface area contributed by atoms with Gasteiger partial charge in [-0.3, -0.25) is 9.78 Å². The van der Waals surface area contributed by atoms with E-state index < -0.39 is 5.60 Å². The zero-order valence-electron chi connectivity index (χ0n) is 15.0. The minimum absolute atomic E-state index is 0.202. The SMILES string of the molecule is CC(CCC(O)(Cn1[nH]cnc1=S)C(C)(C)C)c1ccc(Cl)cc1Cl. The van der Waals surface area contributed by atoms with E-state index in [0.717, 1.165) is 12.0 Å². The molecule has 2 N–H and O–H groups in total. The molecule has 2 aromatic rings. The highest BCUT2D eigenvalue weighted by Gasteiger charge is 2.40. The molecule has 2 unspecified atom stereocenters. The monoisotopic (exact) mass is 401 g/mol. The Morgan fingerprint density at radius 1 is 1.32 bits per heavy atom. The van der Waals surface area contributed by atoms with Gasteiger partial charge in [0.05, 0.1) is 12.1 Å². The van der Waals surface area contributed by atoms with Gasteiger partial charge in [-0.25, -0.2) is 4.98 Å². The molecular weight excluding hydrogens is 377 g/mol. The molecule has 0 saturated carbocycles. The predicted molar refractivity (Wildman–Crippen MR) is 106 cm³/mol. The fourth-order valence-electron chi connectivity index (χ4n) is 2.86. The van der Waals surface area contributed by atoms with Crippen LogP contribution in [0.3, 0.4) is 0 Å². The number of aromatic nitrogens is 3. The van der Waals surface area contributed by atoms with Gasteiger partial charge in [0.25, 0.3) is 0 Å².